The minimum Gasteiger partial charge on any atom is -0.325 e. The van der Waals surface area contributed by atoms with Gasteiger partial charge in [0.2, 0.25) is 5.91 Å². The molecule has 2 heterocycles. The Bertz CT molecular complexity index is 845. The molecule has 0 spiro atoms. The SMILES string of the molecule is O=C(CN1CCc2sccc2[C@@H]1c1ccccc1)Nc1ccccc1. The van der Waals surface area contributed by atoms with Gasteiger partial charge in [0.05, 0.1) is 12.6 Å². The van der Waals surface area contributed by atoms with Crippen LogP contribution in [0.1, 0.15) is 22.0 Å². The van der Waals surface area contributed by atoms with E-state index in [0.29, 0.717) is 6.54 Å². The Kier molecular flexibility index (Phi) is 4.63. The van der Waals surface area contributed by atoms with Gasteiger partial charge in [-0.25, -0.2) is 0 Å². The molecule has 126 valence electrons. The second kappa shape index (κ2) is 7.21. The summed E-state index contributed by atoms with van der Waals surface area (Å²) in [6.45, 7) is 1.29. The molecule has 0 fully saturated rings. The lowest BCUT2D eigenvalue weighted by atomic mass is 9.93. The number of benzene rings is 2. The van der Waals surface area contributed by atoms with E-state index >= 15 is 0 Å². The Morgan fingerprint density at radius 1 is 1.04 bits per heavy atom. The van der Waals surface area contributed by atoms with E-state index in [9.17, 15) is 4.79 Å². The summed E-state index contributed by atoms with van der Waals surface area (Å²) in [6, 6.07) is 22.5. The fourth-order valence-electron chi connectivity index (χ4n) is 3.47. The molecule has 1 N–H and O–H groups in total. The maximum Gasteiger partial charge on any atom is 0.238 e. The van der Waals surface area contributed by atoms with E-state index in [-0.39, 0.29) is 11.9 Å². The highest BCUT2D eigenvalue weighted by Gasteiger charge is 2.30. The average Bonchev–Trinajstić information content (AvgIpc) is 3.11. The highest BCUT2D eigenvalue weighted by molar-refractivity contribution is 7.10. The molecule has 25 heavy (non-hydrogen) atoms. The summed E-state index contributed by atoms with van der Waals surface area (Å²) in [6.07, 6.45) is 1.01. The molecule has 1 amide bonds. The fourth-order valence-corrected chi connectivity index (χ4v) is 4.37. The van der Waals surface area contributed by atoms with E-state index < -0.39 is 0 Å². The zero-order valence-electron chi connectivity index (χ0n) is 13.9. The number of nitrogens with one attached hydrogen (secondary N) is 1. The van der Waals surface area contributed by atoms with Gasteiger partial charge >= 0.3 is 0 Å². The van der Waals surface area contributed by atoms with Crippen molar-refractivity contribution in [3.8, 4) is 0 Å². The number of rotatable bonds is 4. The van der Waals surface area contributed by atoms with Crippen LogP contribution in [0.2, 0.25) is 0 Å². The van der Waals surface area contributed by atoms with Gasteiger partial charge in [0, 0.05) is 17.1 Å². The van der Waals surface area contributed by atoms with Crippen molar-refractivity contribution >= 4 is 22.9 Å². The molecule has 2 aromatic carbocycles. The number of fused-ring (bicyclic) bond motifs is 1. The van der Waals surface area contributed by atoms with Crippen LogP contribution in [-0.2, 0) is 11.2 Å². The Balaban J connectivity index is 1.57. The van der Waals surface area contributed by atoms with E-state index in [1.807, 2.05) is 47.7 Å². The summed E-state index contributed by atoms with van der Waals surface area (Å²) in [5.74, 6) is 0.0332. The van der Waals surface area contributed by atoms with Gasteiger partial charge in [-0.1, -0.05) is 48.5 Å². The summed E-state index contributed by atoms with van der Waals surface area (Å²) in [5, 5.41) is 5.16. The van der Waals surface area contributed by atoms with E-state index in [4.69, 9.17) is 0 Å². The number of hydrogen-bond donors (Lipinski definition) is 1. The molecular formula is C21H20N2OS. The molecule has 1 aliphatic rings. The van der Waals surface area contributed by atoms with Crippen LogP contribution in [0.25, 0.3) is 0 Å². The molecule has 4 heteroatoms. The third-order valence-electron chi connectivity index (χ3n) is 4.59. The molecule has 1 aromatic heterocycles. The van der Waals surface area contributed by atoms with Crippen molar-refractivity contribution in [3.63, 3.8) is 0 Å². The predicted octanol–water partition coefficient (Wildman–Crippen LogP) is 4.33. The normalized spacial score (nSPS) is 17.0. The molecule has 0 saturated heterocycles. The molecule has 3 aromatic rings. The quantitative estimate of drug-likeness (QED) is 0.761. The van der Waals surface area contributed by atoms with Gasteiger partial charge in [-0.05, 0) is 41.1 Å². The number of thiophene rings is 1. The molecule has 1 aliphatic heterocycles. The molecule has 0 bridgehead atoms. The molecule has 1 atom stereocenters. The zero-order chi connectivity index (χ0) is 17.1. The predicted molar refractivity (Wildman–Crippen MR) is 103 cm³/mol. The van der Waals surface area contributed by atoms with Crippen LogP contribution >= 0.6 is 11.3 Å². The van der Waals surface area contributed by atoms with Crippen LogP contribution in [-0.4, -0.2) is 23.9 Å². The van der Waals surface area contributed by atoms with E-state index in [1.165, 1.54) is 16.0 Å². The summed E-state index contributed by atoms with van der Waals surface area (Å²) in [5.41, 5.74) is 3.43. The first-order valence-corrected chi connectivity index (χ1v) is 9.39. The van der Waals surface area contributed by atoms with Crippen molar-refractivity contribution in [3.05, 3.63) is 88.1 Å². The first kappa shape index (κ1) is 16.1. The van der Waals surface area contributed by atoms with Gasteiger partial charge in [0.1, 0.15) is 0 Å². The number of nitrogens with zero attached hydrogens (tertiary/aromatic N) is 1. The first-order valence-electron chi connectivity index (χ1n) is 8.51. The number of carbonyl (C=O) groups is 1. The van der Waals surface area contributed by atoms with Gasteiger partial charge < -0.3 is 5.32 Å². The van der Waals surface area contributed by atoms with Crippen LogP contribution in [0, 0.1) is 0 Å². The van der Waals surface area contributed by atoms with Gasteiger partial charge in [-0.3, -0.25) is 9.69 Å². The largest absolute Gasteiger partial charge is 0.325 e. The zero-order valence-corrected chi connectivity index (χ0v) is 14.7. The van der Waals surface area contributed by atoms with Crippen LogP contribution < -0.4 is 5.32 Å². The highest BCUT2D eigenvalue weighted by Crippen LogP contribution is 2.37. The standard InChI is InChI=1S/C21H20N2OS/c24-20(22-17-9-5-2-6-10-17)15-23-13-11-19-18(12-14-25-19)21(23)16-7-3-1-4-8-16/h1-10,12,14,21H,11,13,15H2,(H,22,24)/t21-/m0/s1. The van der Waals surface area contributed by atoms with Crippen LogP contribution in [0.3, 0.4) is 0 Å². The molecular weight excluding hydrogens is 328 g/mol. The summed E-state index contributed by atoms with van der Waals surface area (Å²) in [7, 11) is 0. The minimum absolute atomic E-state index is 0.0332. The molecule has 0 radical (unpaired) electrons. The lowest BCUT2D eigenvalue weighted by Crippen LogP contribution is -2.40. The first-order chi connectivity index (χ1) is 12.3. The summed E-state index contributed by atoms with van der Waals surface area (Å²) < 4.78 is 0. The van der Waals surface area contributed by atoms with Gasteiger partial charge in [0.25, 0.3) is 0 Å². The van der Waals surface area contributed by atoms with Crippen molar-refractivity contribution in [2.24, 2.45) is 0 Å². The van der Waals surface area contributed by atoms with Crippen molar-refractivity contribution in [1.29, 1.82) is 0 Å². The summed E-state index contributed by atoms with van der Waals surface area (Å²) in [4.78, 5) is 16.3. The number of carbonyl (C=O) groups excluding carboxylic acids is 1. The van der Waals surface area contributed by atoms with Gasteiger partial charge in [-0.15, -0.1) is 11.3 Å². The monoisotopic (exact) mass is 348 g/mol. The molecule has 4 rings (SSSR count). The van der Waals surface area contributed by atoms with Crippen molar-refractivity contribution in [2.75, 3.05) is 18.4 Å². The Labute approximate surface area is 151 Å². The van der Waals surface area contributed by atoms with E-state index in [1.54, 1.807) is 0 Å². The minimum atomic E-state index is 0.0332. The van der Waals surface area contributed by atoms with Crippen molar-refractivity contribution in [2.45, 2.75) is 12.5 Å². The average molecular weight is 348 g/mol. The molecule has 0 unspecified atom stereocenters. The van der Waals surface area contributed by atoms with E-state index in [0.717, 1.165) is 18.7 Å². The third-order valence-corrected chi connectivity index (χ3v) is 5.58. The highest BCUT2D eigenvalue weighted by atomic mass is 32.1. The van der Waals surface area contributed by atoms with Gasteiger partial charge in [0.15, 0.2) is 0 Å². The Morgan fingerprint density at radius 2 is 1.76 bits per heavy atom. The van der Waals surface area contributed by atoms with Crippen LogP contribution in [0.4, 0.5) is 5.69 Å². The number of hydrogen-bond acceptors (Lipinski definition) is 3. The Morgan fingerprint density at radius 3 is 2.52 bits per heavy atom. The van der Waals surface area contributed by atoms with E-state index in [2.05, 4.69) is 45.9 Å². The molecule has 3 nitrogen and oxygen atoms in total. The van der Waals surface area contributed by atoms with Crippen molar-refractivity contribution in [1.82, 2.24) is 4.90 Å². The third kappa shape index (κ3) is 3.50. The summed E-state index contributed by atoms with van der Waals surface area (Å²) >= 11 is 1.82. The maximum absolute atomic E-state index is 12.6. The smallest absolute Gasteiger partial charge is 0.238 e. The topological polar surface area (TPSA) is 32.3 Å². The second-order valence-corrected chi connectivity index (χ2v) is 7.25. The number of anilines is 1. The second-order valence-electron chi connectivity index (χ2n) is 6.25. The lowest BCUT2D eigenvalue weighted by molar-refractivity contribution is -0.117. The lowest BCUT2D eigenvalue weighted by Gasteiger charge is -2.35. The fraction of sp³-hybridized carbons (Fsp3) is 0.190. The maximum atomic E-state index is 12.6. The molecule has 0 saturated carbocycles. The van der Waals surface area contributed by atoms with Crippen molar-refractivity contribution < 1.29 is 4.79 Å². The Hall–Kier alpha value is -2.43. The van der Waals surface area contributed by atoms with Crippen LogP contribution in [0.15, 0.2) is 72.1 Å². The van der Waals surface area contributed by atoms with Crippen LogP contribution in [0.5, 0.6) is 0 Å². The number of para-hydroxylation sites is 1. The molecule has 0 aliphatic carbocycles. The number of amides is 1. The van der Waals surface area contributed by atoms with Gasteiger partial charge in [-0.2, -0.15) is 0 Å².